The van der Waals surface area contributed by atoms with Crippen LogP contribution in [0.3, 0.4) is 0 Å². The summed E-state index contributed by atoms with van der Waals surface area (Å²) in [4.78, 5) is 42.3. The van der Waals surface area contributed by atoms with E-state index in [9.17, 15) is 14.4 Å². The van der Waals surface area contributed by atoms with Crippen molar-refractivity contribution >= 4 is 29.1 Å². The van der Waals surface area contributed by atoms with Crippen molar-refractivity contribution in [1.29, 1.82) is 0 Å². The van der Waals surface area contributed by atoms with Crippen LogP contribution in [0, 0.1) is 26.7 Å². The molecule has 0 unspecified atom stereocenters. The Bertz CT molecular complexity index is 1040. The van der Waals surface area contributed by atoms with Crippen LogP contribution in [0.1, 0.15) is 58.4 Å². The lowest BCUT2D eigenvalue weighted by molar-refractivity contribution is -0.121. The van der Waals surface area contributed by atoms with Crippen molar-refractivity contribution in [1.82, 2.24) is 10.3 Å². The first-order chi connectivity index (χ1) is 14.2. The Kier molecular flexibility index (Phi) is 6.66. The number of carbonyl (C=O) groups excluding carboxylic acids is 2. The molecule has 2 amide bonds. The number of hydrogen-bond acceptors (Lipinski definition) is 3. The molecule has 6 nitrogen and oxygen atoms in total. The highest BCUT2D eigenvalue weighted by atomic mass is 35.5. The second kappa shape index (κ2) is 9.04. The van der Waals surface area contributed by atoms with E-state index in [1.54, 1.807) is 24.1 Å². The van der Waals surface area contributed by atoms with Crippen LogP contribution < -0.4 is 15.8 Å². The molecule has 3 rings (SSSR count). The van der Waals surface area contributed by atoms with Gasteiger partial charge < -0.3 is 15.2 Å². The zero-order valence-corrected chi connectivity index (χ0v) is 18.7. The number of nitrogens with one attached hydrogen (secondary N) is 2. The van der Waals surface area contributed by atoms with Crippen LogP contribution >= 0.6 is 11.6 Å². The molecular formula is C23H28ClN3O3. The summed E-state index contributed by atoms with van der Waals surface area (Å²) in [6.45, 7) is 5.58. The molecule has 0 bridgehead atoms. The second-order valence-electron chi connectivity index (χ2n) is 8.10. The number of aromatic nitrogens is 1. The molecule has 0 spiro atoms. The van der Waals surface area contributed by atoms with E-state index in [1.807, 2.05) is 26.8 Å². The zero-order chi connectivity index (χ0) is 22.0. The maximum atomic E-state index is 12.9. The monoisotopic (exact) mass is 429 g/mol. The number of anilines is 1. The van der Waals surface area contributed by atoms with Crippen LogP contribution in [0.15, 0.2) is 23.0 Å². The van der Waals surface area contributed by atoms with Gasteiger partial charge in [-0.1, -0.05) is 24.4 Å². The maximum Gasteiger partial charge on any atom is 0.253 e. The van der Waals surface area contributed by atoms with Crippen LogP contribution in [0.5, 0.6) is 0 Å². The lowest BCUT2D eigenvalue weighted by atomic mass is 10.0. The summed E-state index contributed by atoms with van der Waals surface area (Å²) >= 11 is 6.29. The number of H-pyrrole nitrogens is 1. The number of nitrogens with zero attached hydrogens (tertiary/aromatic N) is 1. The molecule has 2 N–H and O–H groups in total. The summed E-state index contributed by atoms with van der Waals surface area (Å²) in [6, 6.07) is 5.18. The number of pyridine rings is 1. The molecule has 0 atom stereocenters. The third kappa shape index (κ3) is 4.59. The number of hydrogen-bond donors (Lipinski definition) is 2. The predicted molar refractivity (Wildman–Crippen MR) is 119 cm³/mol. The summed E-state index contributed by atoms with van der Waals surface area (Å²) < 4.78 is 0. The van der Waals surface area contributed by atoms with E-state index in [4.69, 9.17) is 11.6 Å². The molecule has 1 aliphatic rings. The highest BCUT2D eigenvalue weighted by molar-refractivity contribution is 6.31. The Labute approximate surface area is 181 Å². The topological polar surface area (TPSA) is 82.3 Å². The Morgan fingerprint density at radius 2 is 1.83 bits per heavy atom. The predicted octanol–water partition coefficient (Wildman–Crippen LogP) is 4.04. The number of rotatable bonds is 5. The molecule has 1 saturated carbocycles. The summed E-state index contributed by atoms with van der Waals surface area (Å²) in [5, 5.41) is 3.20. The van der Waals surface area contributed by atoms with Gasteiger partial charge in [0.25, 0.3) is 11.5 Å². The molecule has 30 heavy (non-hydrogen) atoms. The molecule has 160 valence electrons. The molecular weight excluding hydrogens is 402 g/mol. The van der Waals surface area contributed by atoms with E-state index in [2.05, 4.69) is 10.3 Å². The van der Waals surface area contributed by atoms with Gasteiger partial charge in [0, 0.05) is 47.0 Å². The average Bonchev–Trinajstić information content (AvgIpc) is 3.22. The van der Waals surface area contributed by atoms with E-state index in [1.165, 1.54) is 0 Å². The average molecular weight is 430 g/mol. The van der Waals surface area contributed by atoms with E-state index in [0.29, 0.717) is 27.4 Å². The van der Waals surface area contributed by atoms with Gasteiger partial charge >= 0.3 is 0 Å². The number of aryl methyl sites for hydroxylation is 2. The van der Waals surface area contributed by atoms with Gasteiger partial charge in [-0.05, 0) is 62.9 Å². The molecule has 7 heteroatoms. The van der Waals surface area contributed by atoms with E-state index in [0.717, 1.165) is 36.9 Å². The SMILES string of the molecule is Cc1cc(C)c(CNC(=O)c2cc(Cl)cc(N(C)C(=O)C3CCCC3)c2C)c(=O)[nH]1. The van der Waals surface area contributed by atoms with Gasteiger partial charge in [-0.25, -0.2) is 0 Å². The fraction of sp³-hybridized carbons (Fsp3) is 0.435. The molecule has 0 radical (unpaired) electrons. The van der Waals surface area contributed by atoms with Crippen molar-refractivity contribution in [2.24, 2.45) is 5.92 Å². The smallest absolute Gasteiger partial charge is 0.253 e. The molecule has 1 heterocycles. The van der Waals surface area contributed by atoms with Crippen LogP contribution in [-0.4, -0.2) is 23.8 Å². The van der Waals surface area contributed by atoms with Crippen molar-refractivity contribution in [2.45, 2.75) is 53.0 Å². The number of amides is 2. The van der Waals surface area contributed by atoms with Crippen LogP contribution in [0.2, 0.25) is 5.02 Å². The molecule has 0 aliphatic heterocycles. The summed E-state index contributed by atoms with van der Waals surface area (Å²) in [6.07, 6.45) is 3.95. The number of aromatic amines is 1. The maximum absolute atomic E-state index is 12.9. The summed E-state index contributed by atoms with van der Waals surface area (Å²) in [5.41, 5.74) is 3.61. The fourth-order valence-electron chi connectivity index (χ4n) is 4.18. The van der Waals surface area contributed by atoms with Crippen molar-refractivity contribution in [2.75, 3.05) is 11.9 Å². The van der Waals surface area contributed by atoms with Gasteiger partial charge in [-0.15, -0.1) is 0 Å². The van der Waals surface area contributed by atoms with E-state index in [-0.39, 0.29) is 29.8 Å². The minimum absolute atomic E-state index is 0.0295. The van der Waals surface area contributed by atoms with Gasteiger partial charge in [0.2, 0.25) is 5.91 Å². The summed E-state index contributed by atoms with van der Waals surface area (Å²) in [7, 11) is 1.73. The lowest BCUT2D eigenvalue weighted by Gasteiger charge is -2.24. The first kappa shape index (κ1) is 22.1. The van der Waals surface area contributed by atoms with Gasteiger partial charge in [0.15, 0.2) is 0 Å². The van der Waals surface area contributed by atoms with Gasteiger partial charge in [-0.3, -0.25) is 14.4 Å². The first-order valence-corrected chi connectivity index (χ1v) is 10.6. The van der Waals surface area contributed by atoms with Gasteiger partial charge in [-0.2, -0.15) is 0 Å². The molecule has 1 aromatic heterocycles. The van der Waals surface area contributed by atoms with Crippen LogP contribution in [-0.2, 0) is 11.3 Å². The lowest BCUT2D eigenvalue weighted by Crippen LogP contribution is -2.33. The van der Waals surface area contributed by atoms with Crippen molar-refractivity contribution in [3.8, 4) is 0 Å². The number of halogens is 1. The molecule has 1 aromatic carbocycles. The largest absolute Gasteiger partial charge is 0.348 e. The Balaban J connectivity index is 1.83. The number of carbonyl (C=O) groups is 2. The Hall–Kier alpha value is -2.60. The third-order valence-corrected chi connectivity index (χ3v) is 6.12. The van der Waals surface area contributed by atoms with Crippen LogP contribution in [0.25, 0.3) is 0 Å². The molecule has 2 aromatic rings. The first-order valence-electron chi connectivity index (χ1n) is 10.2. The Morgan fingerprint density at radius 1 is 1.17 bits per heavy atom. The Morgan fingerprint density at radius 3 is 2.47 bits per heavy atom. The minimum Gasteiger partial charge on any atom is -0.348 e. The van der Waals surface area contributed by atoms with Gasteiger partial charge in [0.05, 0.1) is 0 Å². The second-order valence-corrected chi connectivity index (χ2v) is 8.54. The van der Waals surface area contributed by atoms with Crippen LogP contribution in [0.4, 0.5) is 5.69 Å². The summed E-state index contributed by atoms with van der Waals surface area (Å²) in [5.74, 6) is -0.245. The standard InChI is InChI=1S/C23H28ClN3O3/c1-13-9-14(2)26-22(29)19(13)12-25-21(28)18-10-17(24)11-20(15(18)3)27(4)23(30)16-7-5-6-8-16/h9-11,16H,5-8,12H2,1-4H3,(H,25,28)(H,26,29). The van der Waals surface area contributed by atoms with E-state index < -0.39 is 0 Å². The van der Waals surface area contributed by atoms with Crippen molar-refractivity contribution in [3.63, 3.8) is 0 Å². The normalized spacial score (nSPS) is 14.0. The van der Waals surface area contributed by atoms with Crippen molar-refractivity contribution in [3.05, 3.63) is 61.5 Å². The molecule has 1 fully saturated rings. The third-order valence-electron chi connectivity index (χ3n) is 5.91. The van der Waals surface area contributed by atoms with Crippen molar-refractivity contribution < 1.29 is 9.59 Å². The molecule has 1 aliphatic carbocycles. The molecule has 0 saturated heterocycles. The fourth-order valence-corrected chi connectivity index (χ4v) is 4.39. The minimum atomic E-state index is -0.336. The van der Waals surface area contributed by atoms with Gasteiger partial charge in [0.1, 0.15) is 0 Å². The highest BCUT2D eigenvalue weighted by Gasteiger charge is 2.28. The quantitative estimate of drug-likeness (QED) is 0.752. The highest BCUT2D eigenvalue weighted by Crippen LogP contribution is 2.32. The zero-order valence-electron chi connectivity index (χ0n) is 17.9. The number of benzene rings is 1. The van der Waals surface area contributed by atoms with E-state index >= 15 is 0 Å².